The fraction of sp³-hybridized carbons (Fsp3) is 0.316. The molecule has 1 unspecified atom stereocenters. The smallest absolute Gasteiger partial charge is 0.0598 e. The molecule has 1 aliphatic rings. The zero-order valence-electron chi connectivity index (χ0n) is 13.6. The lowest BCUT2D eigenvalue weighted by atomic mass is 9.83. The van der Waals surface area contributed by atoms with Gasteiger partial charge in [-0.3, -0.25) is 0 Å². The molecule has 0 amide bonds. The highest BCUT2D eigenvalue weighted by Gasteiger charge is 2.23. The summed E-state index contributed by atoms with van der Waals surface area (Å²) in [5.74, 6) is 1.01. The van der Waals surface area contributed by atoms with Gasteiger partial charge in [0.2, 0.25) is 0 Å². The summed E-state index contributed by atoms with van der Waals surface area (Å²) in [6, 6.07) is 7.82. The minimum absolute atomic E-state index is 0.459. The number of hydrogen-bond acceptors (Lipinski definition) is 1. The number of halogens is 2. The molecule has 3 rings (SSSR count). The number of hydrogen-bond donors (Lipinski definition) is 0. The van der Waals surface area contributed by atoms with Crippen LogP contribution in [-0.4, -0.2) is 9.78 Å². The van der Waals surface area contributed by atoms with Crippen LogP contribution in [0, 0.1) is 18.8 Å². The lowest BCUT2D eigenvalue weighted by Crippen LogP contribution is -2.18. The van der Waals surface area contributed by atoms with E-state index in [4.69, 9.17) is 23.2 Å². The second kappa shape index (κ2) is 6.54. The predicted octanol–water partition coefficient (Wildman–Crippen LogP) is 6.10. The van der Waals surface area contributed by atoms with E-state index < -0.39 is 0 Å². The van der Waals surface area contributed by atoms with Crippen molar-refractivity contribution in [1.82, 2.24) is 9.78 Å². The highest BCUT2D eigenvalue weighted by Crippen LogP contribution is 2.37. The van der Waals surface area contributed by atoms with E-state index in [2.05, 4.69) is 31.1 Å². The second-order valence-corrected chi connectivity index (χ2v) is 7.16. The number of allylic oxidation sites excluding steroid dienone is 4. The number of nitrogens with zero attached hydrogens (tertiary/aromatic N) is 2. The van der Waals surface area contributed by atoms with Crippen molar-refractivity contribution in [2.24, 2.45) is 11.8 Å². The van der Waals surface area contributed by atoms with Gasteiger partial charge in [0.05, 0.1) is 15.7 Å². The third kappa shape index (κ3) is 3.39. The highest BCUT2D eigenvalue weighted by atomic mass is 35.5. The molecule has 23 heavy (non-hydrogen) atoms. The maximum atomic E-state index is 6.17. The largest absolute Gasteiger partial charge is 0.245 e. The van der Waals surface area contributed by atoms with Gasteiger partial charge in [0.1, 0.15) is 0 Å². The van der Waals surface area contributed by atoms with Crippen LogP contribution in [0.3, 0.4) is 0 Å². The zero-order chi connectivity index (χ0) is 16.6. The molecule has 1 aromatic carbocycles. The Kier molecular flexibility index (Phi) is 4.65. The first-order valence-electron chi connectivity index (χ1n) is 7.85. The SMILES string of the molecule is Cc1ccn(C2=CC(c3ccc(Cl)c(Cl)c3)=CCC2C(C)C)n1. The second-order valence-electron chi connectivity index (χ2n) is 6.35. The molecule has 1 atom stereocenters. The van der Waals surface area contributed by atoms with E-state index in [1.165, 1.54) is 11.3 Å². The van der Waals surface area contributed by atoms with Gasteiger partial charge in [-0.2, -0.15) is 5.10 Å². The van der Waals surface area contributed by atoms with Gasteiger partial charge < -0.3 is 0 Å². The molecule has 0 saturated carbocycles. The van der Waals surface area contributed by atoms with Gasteiger partial charge in [-0.05, 0) is 54.7 Å². The monoisotopic (exact) mass is 346 g/mol. The summed E-state index contributed by atoms with van der Waals surface area (Å²) >= 11 is 12.2. The molecular weight excluding hydrogens is 327 g/mol. The van der Waals surface area contributed by atoms with Crippen molar-refractivity contribution in [3.05, 3.63) is 63.9 Å². The quantitative estimate of drug-likeness (QED) is 0.656. The fourth-order valence-corrected chi connectivity index (χ4v) is 3.28. The van der Waals surface area contributed by atoms with E-state index in [-0.39, 0.29) is 0 Å². The van der Waals surface area contributed by atoms with E-state index >= 15 is 0 Å². The van der Waals surface area contributed by atoms with Gasteiger partial charge in [-0.1, -0.05) is 49.2 Å². The van der Waals surface area contributed by atoms with Crippen molar-refractivity contribution in [2.45, 2.75) is 27.2 Å². The summed E-state index contributed by atoms with van der Waals surface area (Å²) in [4.78, 5) is 0. The Morgan fingerprint density at radius 3 is 2.57 bits per heavy atom. The van der Waals surface area contributed by atoms with Crippen LogP contribution in [-0.2, 0) is 0 Å². The van der Waals surface area contributed by atoms with Gasteiger partial charge in [0.15, 0.2) is 0 Å². The first-order valence-corrected chi connectivity index (χ1v) is 8.61. The van der Waals surface area contributed by atoms with Crippen LogP contribution in [0.1, 0.15) is 31.5 Å². The average molecular weight is 347 g/mol. The van der Waals surface area contributed by atoms with E-state index in [0.717, 1.165) is 17.7 Å². The van der Waals surface area contributed by atoms with Crippen LogP contribution in [0.25, 0.3) is 11.3 Å². The molecule has 2 aromatic rings. The molecular formula is C19H20Cl2N2. The molecule has 0 fully saturated rings. The first kappa shape index (κ1) is 16.4. The first-order chi connectivity index (χ1) is 11.0. The van der Waals surface area contributed by atoms with Gasteiger partial charge >= 0.3 is 0 Å². The molecule has 0 N–H and O–H groups in total. The van der Waals surface area contributed by atoms with Crippen LogP contribution < -0.4 is 0 Å². The molecule has 120 valence electrons. The van der Waals surface area contributed by atoms with Crippen molar-refractivity contribution in [1.29, 1.82) is 0 Å². The van der Waals surface area contributed by atoms with Crippen molar-refractivity contribution in [3.8, 4) is 0 Å². The Balaban J connectivity index is 2.03. The molecule has 0 saturated heterocycles. The third-order valence-electron chi connectivity index (χ3n) is 4.32. The molecule has 2 nitrogen and oxygen atoms in total. The number of aromatic nitrogens is 2. The van der Waals surface area contributed by atoms with Crippen molar-refractivity contribution < 1.29 is 0 Å². The summed E-state index contributed by atoms with van der Waals surface area (Å²) < 4.78 is 2.00. The fourth-order valence-electron chi connectivity index (χ4n) is 2.99. The van der Waals surface area contributed by atoms with Crippen molar-refractivity contribution in [3.63, 3.8) is 0 Å². The topological polar surface area (TPSA) is 17.8 Å². The third-order valence-corrected chi connectivity index (χ3v) is 5.06. The molecule has 1 aliphatic carbocycles. The summed E-state index contributed by atoms with van der Waals surface area (Å²) in [6.07, 6.45) is 7.54. The van der Waals surface area contributed by atoms with Crippen LogP contribution in [0.4, 0.5) is 0 Å². The average Bonchev–Trinajstić information content (AvgIpc) is 2.96. The molecule has 0 bridgehead atoms. The molecule has 1 heterocycles. The summed E-state index contributed by atoms with van der Waals surface area (Å²) in [5.41, 5.74) is 4.52. The Hall–Kier alpha value is -1.51. The molecule has 0 aliphatic heterocycles. The highest BCUT2D eigenvalue weighted by molar-refractivity contribution is 6.42. The van der Waals surface area contributed by atoms with E-state index in [1.807, 2.05) is 42.1 Å². The Labute approximate surface area is 147 Å². The molecule has 4 heteroatoms. The number of aryl methyl sites for hydroxylation is 1. The minimum Gasteiger partial charge on any atom is -0.245 e. The molecule has 1 aromatic heterocycles. The minimum atomic E-state index is 0.459. The van der Waals surface area contributed by atoms with Gasteiger partial charge in [0.25, 0.3) is 0 Å². The van der Waals surface area contributed by atoms with Crippen LogP contribution >= 0.6 is 23.2 Å². The maximum Gasteiger partial charge on any atom is 0.0598 e. The molecule has 0 radical (unpaired) electrons. The van der Waals surface area contributed by atoms with Crippen LogP contribution in [0.15, 0.2) is 42.6 Å². The van der Waals surface area contributed by atoms with Crippen LogP contribution in [0.5, 0.6) is 0 Å². The Morgan fingerprint density at radius 2 is 1.96 bits per heavy atom. The zero-order valence-corrected chi connectivity index (χ0v) is 15.1. The van der Waals surface area contributed by atoms with Crippen molar-refractivity contribution in [2.75, 3.05) is 0 Å². The molecule has 0 spiro atoms. The van der Waals surface area contributed by atoms with E-state index in [0.29, 0.717) is 21.9 Å². The lowest BCUT2D eigenvalue weighted by molar-refractivity contribution is 0.462. The summed E-state index contributed by atoms with van der Waals surface area (Å²) in [7, 11) is 0. The van der Waals surface area contributed by atoms with E-state index in [9.17, 15) is 0 Å². The lowest BCUT2D eigenvalue weighted by Gasteiger charge is -2.27. The number of benzene rings is 1. The van der Waals surface area contributed by atoms with Crippen LogP contribution in [0.2, 0.25) is 10.0 Å². The van der Waals surface area contributed by atoms with Gasteiger partial charge in [-0.25, -0.2) is 4.68 Å². The standard InChI is InChI=1S/C19H20Cl2N2/c1-12(2)16-6-4-15(14-5-7-17(20)18(21)10-14)11-19(16)23-9-8-13(3)22-23/h4-5,7-12,16H,6H2,1-3H3. The van der Waals surface area contributed by atoms with Crippen molar-refractivity contribution >= 4 is 34.5 Å². The van der Waals surface area contributed by atoms with Gasteiger partial charge in [0, 0.05) is 17.8 Å². The predicted molar refractivity (Wildman–Crippen MR) is 98.6 cm³/mol. The summed E-state index contributed by atoms with van der Waals surface area (Å²) in [5, 5.41) is 5.77. The van der Waals surface area contributed by atoms with E-state index in [1.54, 1.807) is 0 Å². The van der Waals surface area contributed by atoms with Gasteiger partial charge in [-0.15, -0.1) is 0 Å². The summed E-state index contributed by atoms with van der Waals surface area (Å²) in [6.45, 7) is 6.53. The maximum absolute atomic E-state index is 6.17. The Bertz CT molecular complexity index is 784. The Morgan fingerprint density at radius 1 is 1.17 bits per heavy atom. The normalized spacial score (nSPS) is 18.1. The number of rotatable bonds is 3.